The molecule has 3 aromatic rings. The number of fused-ring (bicyclic) bond motifs is 1. The van der Waals surface area contributed by atoms with E-state index in [1.807, 2.05) is 32.9 Å². The lowest BCUT2D eigenvalue weighted by atomic mass is 10.1. The fourth-order valence-corrected chi connectivity index (χ4v) is 2.45. The summed E-state index contributed by atoms with van der Waals surface area (Å²) in [5.74, 6) is 0.866. The fraction of sp³-hybridized carbons (Fsp3) is 0.353. The van der Waals surface area contributed by atoms with Crippen LogP contribution >= 0.6 is 0 Å². The van der Waals surface area contributed by atoms with Crippen LogP contribution in [-0.2, 0) is 13.0 Å². The molecular weight excluding hydrogens is 306 g/mol. The van der Waals surface area contributed by atoms with Gasteiger partial charge in [0.15, 0.2) is 0 Å². The number of carbonyl (C=O) groups excluding carboxylic acids is 1. The molecule has 0 spiro atoms. The van der Waals surface area contributed by atoms with E-state index in [1.54, 1.807) is 23.4 Å². The number of nitrogens with zero attached hydrogens (tertiary/aromatic N) is 5. The van der Waals surface area contributed by atoms with Crippen LogP contribution < -0.4 is 0 Å². The van der Waals surface area contributed by atoms with E-state index in [0.29, 0.717) is 34.8 Å². The van der Waals surface area contributed by atoms with E-state index in [0.717, 1.165) is 0 Å². The van der Waals surface area contributed by atoms with Crippen LogP contribution in [-0.4, -0.2) is 37.0 Å². The Morgan fingerprint density at radius 2 is 1.92 bits per heavy atom. The summed E-state index contributed by atoms with van der Waals surface area (Å²) in [5.41, 5.74) is 1.80. The van der Waals surface area contributed by atoms with Gasteiger partial charge in [-0.25, -0.2) is 0 Å². The van der Waals surface area contributed by atoms with Gasteiger partial charge >= 0.3 is 0 Å². The largest absolute Gasteiger partial charge is 0.423 e. The zero-order valence-electron chi connectivity index (χ0n) is 13.9. The van der Waals surface area contributed by atoms with Crippen molar-refractivity contribution in [2.45, 2.75) is 39.8 Å². The summed E-state index contributed by atoms with van der Waals surface area (Å²) in [4.78, 5) is 23.3. The molecule has 2 heterocycles. The highest BCUT2D eigenvalue weighted by atomic mass is 16.4. The zero-order chi connectivity index (χ0) is 17.1. The van der Waals surface area contributed by atoms with Gasteiger partial charge < -0.3 is 9.32 Å². The molecule has 24 heavy (non-hydrogen) atoms. The lowest BCUT2D eigenvalue weighted by Gasteiger charge is -2.25. The van der Waals surface area contributed by atoms with Crippen LogP contribution in [0.3, 0.4) is 0 Å². The highest BCUT2D eigenvalue weighted by Gasteiger charge is 2.23. The lowest BCUT2D eigenvalue weighted by Crippen LogP contribution is -2.36. The minimum atomic E-state index is -0.132. The second-order valence-corrected chi connectivity index (χ2v) is 5.70. The second kappa shape index (κ2) is 6.74. The maximum Gasteiger partial charge on any atom is 0.256 e. The van der Waals surface area contributed by atoms with Crippen LogP contribution in [0, 0.1) is 0 Å². The van der Waals surface area contributed by atoms with Crippen LogP contribution in [0.25, 0.3) is 11.0 Å². The first-order valence-electron chi connectivity index (χ1n) is 7.92. The van der Waals surface area contributed by atoms with E-state index in [2.05, 4.69) is 20.2 Å². The summed E-state index contributed by atoms with van der Waals surface area (Å²) in [6.07, 6.45) is 3.87. The van der Waals surface area contributed by atoms with Gasteiger partial charge in [-0.3, -0.25) is 14.8 Å². The number of hydrogen-bond acceptors (Lipinski definition) is 6. The normalized spacial score (nSPS) is 11.2. The Labute approximate surface area is 139 Å². The first-order chi connectivity index (χ1) is 11.6. The minimum absolute atomic E-state index is 0.0265. The molecular formula is C17H19N5O2. The quantitative estimate of drug-likeness (QED) is 0.717. The minimum Gasteiger partial charge on any atom is -0.423 e. The van der Waals surface area contributed by atoms with E-state index < -0.39 is 0 Å². The number of aromatic nitrogens is 4. The van der Waals surface area contributed by atoms with Gasteiger partial charge in [-0.1, -0.05) is 13.0 Å². The third kappa shape index (κ3) is 3.10. The molecule has 2 aromatic heterocycles. The molecule has 0 saturated heterocycles. The van der Waals surface area contributed by atoms with Crippen LogP contribution in [0.15, 0.2) is 35.0 Å². The van der Waals surface area contributed by atoms with Crippen LogP contribution in [0.1, 0.15) is 42.9 Å². The SMILES string of the molecule is CCc1nnc(CN(C(=O)c2cccc3nccnc23)C(C)C)o1. The molecule has 1 amide bonds. The van der Waals surface area contributed by atoms with Gasteiger partial charge in [0.1, 0.15) is 5.52 Å². The van der Waals surface area contributed by atoms with Crippen LogP contribution in [0.4, 0.5) is 0 Å². The van der Waals surface area contributed by atoms with Crippen molar-refractivity contribution in [1.29, 1.82) is 0 Å². The van der Waals surface area contributed by atoms with E-state index in [4.69, 9.17) is 4.42 Å². The molecule has 0 atom stereocenters. The molecule has 1 aromatic carbocycles. The summed E-state index contributed by atoms with van der Waals surface area (Å²) < 4.78 is 5.54. The number of hydrogen-bond donors (Lipinski definition) is 0. The molecule has 7 heteroatoms. The van der Waals surface area contributed by atoms with Crippen molar-refractivity contribution in [2.75, 3.05) is 0 Å². The number of para-hydroxylation sites is 1. The smallest absolute Gasteiger partial charge is 0.256 e. The van der Waals surface area contributed by atoms with E-state index in [9.17, 15) is 4.79 Å². The third-order valence-electron chi connectivity index (χ3n) is 3.73. The summed E-state index contributed by atoms with van der Waals surface area (Å²) in [5, 5.41) is 7.96. The predicted octanol–water partition coefficient (Wildman–Crippen LogP) is 2.63. The monoisotopic (exact) mass is 325 g/mol. The number of carbonyl (C=O) groups is 1. The Morgan fingerprint density at radius 3 is 2.62 bits per heavy atom. The topological polar surface area (TPSA) is 85.0 Å². The van der Waals surface area contributed by atoms with Gasteiger partial charge in [0.05, 0.1) is 17.6 Å². The maximum atomic E-state index is 13.0. The van der Waals surface area contributed by atoms with Gasteiger partial charge in [-0.05, 0) is 26.0 Å². The maximum absolute atomic E-state index is 13.0. The molecule has 3 rings (SSSR count). The van der Waals surface area contributed by atoms with Crippen LogP contribution in [0.2, 0.25) is 0 Å². The third-order valence-corrected chi connectivity index (χ3v) is 3.73. The first kappa shape index (κ1) is 16.0. The lowest BCUT2D eigenvalue weighted by molar-refractivity contribution is 0.0673. The molecule has 0 aliphatic carbocycles. The van der Waals surface area contributed by atoms with Crippen molar-refractivity contribution >= 4 is 16.9 Å². The molecule has 124 valence electrons. The van der Waals surface area contributed by atoms with Crippen molar-refractivity contribution < 1.29 is 9.21 Å². The highest BCUT2D eigenvalue weighted by molar-refractivity contribution is 6.04. The zero-order valence-corrected chi connectivity index (χ0v) is 13.9. The molecule has 0 N–H and O–H groups in total. The molecule has 0 radical (unpaired) electrons. The summed E-state index contributed by atoms with van der Waals surface area (Å²) in [6, 6.07) is 5.39. The summed E-state index contributed by atoms with van der Waals surface area (Å²) in [7, 11) is 0. The highest BCUT2D eigenvalue weighted by Crippen LogP contribution is 2.19. The second-order valence-electron chi connectivity index (χ2n) is 5.70. The van der Waals surface area contributed by atoms with E-state index in [1.165, 1.54) is 0 Å². The van der Waals surface area contributed by atoms with Crippen molar-refractivity contribution in [3.63, 3.8) is 0 Å². The first-order valence-corrected chi connectivity index (χ1v) is 7.92. The van der Waals surface area contributed by atoms with Gasteiger partial charge in [0.2, 0.25) is 11.8 Å². The fourth-order valence-electron chi connectivity index (χ4n) is 2.45. The molecule has 0 fully saturated rings. The Kier molecular flexibility index (Phi) is 4.50. The van der Waals surface area contributed by atoms with Crippen LogP contribution in [0.5, 0.6) is 0 Å². The standard InChI is InChI=1S/C17H19N5O2/c1-4-14-20-21-15(24-14)10-22(11(2)3)17(23)12-6-5-7-13-16(12)19-9-8-18-13/h5-9,11H,4,10H2,1-3H3. The van der Waals surface area contributed by atoms with Gasteiger partial charge in [-0.2, -0.15) is 0 Å². The number of rotatable bonds is 5. The van der Waals surface area contributed by atoms with Gasteiger partial charge in [0, 0.05) is 24.9 Å². The average molecular weight is 325 g/mol. The predicted molar refractivity (Wildman–Crippen MR) is 88.2 cm³/mol. The van der Waals surface area contributed by atoms with Gasteiger partial charge in [0.25, 0.3) is 5.91 Å². The number of benzene rings is 1. The Hall–Kier alpha value is -2.83. The number of amides is 1. The van der Waals surface area contributed by atoms with Crippen molar-refractivity contribution in [2.24, 2.45) is 0 Å². The van der Waals surface area contributed by atoms with E-state index >= 15 is 0 Å². The van der Waals surface area contributed by atoms with Crippen molar-refractivity contribution in [3.05, 3.63) is 47.9 Å². The molecule has 7 nitrogen and oxygen atoms in total. The van der Waals surface area contributed by atoms with Gasteiger partial charge in [-0.15, -0.1) is 10.2 Å². The molecule has 0 unspecified atom stereocenters. The summed E-state index contributed by atoms with van der Waals surface area (Å²) in [6.45, 7) is 6.11. The Morgan fingerprint density at radius 1 is 1.17 bits per heavy atom. The average Bonchev–Trinajstić information content (AvgIpc) is 3.06. The Bertz CT molecular complexity index is 854. The molecule has 0 saturated carbocycles. The van der Waals surface area contributed by atoms with Crippen molar-refractivity contribution in [3.8, 4) is 0 Å². The molecule has 0 bridgehead atoms. The number of aryl methyl sites for hydroxylation is 1. The van der Waals surface area contributed by atoms with Crippen molar-refractivity contribution in [1.82, 2.24) is 25.1 Å². The molecule has 0 aliphatic rings. The summed E-state index contributed by atoms with van der Waals surface area (Å²) >= 11 is 0. The van der Waals surface area contributed by atoms with E-state index in [-0.39, 0.29) is 18.5 Å². The molecule has 0 aliphatic heterocycles. The Balaban J connectivity index is 1.94.